The summed E-state index contributed by atoms with van der Waals surface area (Å²) in [7, 11) is -3.62. The molecule has 1 aliphatic heterocycles. The predicted octanol–water partition coefficient (Wildman–Crippen LogP) is 3.15. The molecule has 2 aromatic carbocycles. The van der Waals surface area contributed by atoms with E-state index in [0.29, 0.717) is 31.3 Å². The third kappa shape index (κ3) is 4.45. The van der Waals surface area contributed by atoms with Crippen LogP contribution < -0.4 is 5.32 Å². The van der Waals surface area contributed by atoms with Crippen molar-refractivity contribution in [1.29, 1.82) is 0 Å². The van der Waals surface area contributed by atoms with Crippen LogP contribution in [-0.2, 0) is 10.0 Å². The molecule has 0 aromatic heterocycles. The molecule has 1 heterocycles. The highest BCUT2D eigenvalue weighted by Crippen LogP contribution is 2.20. The van der Waals surface area contributed by atoms with Gasteiger partial charge < -0.3 is 10.2 Å². The average Bonchev–Trinajstić information content (AvgIpc) is 2.65. The summed E-state index contributed by atoms with van der Waals surface area (Å²) in [5.41, 5.74) is 3.20. The summed E-state index contributed by atoms with van der Waals surface area (Å²) in [5.74, 6) is -0.457. The van der Waals surface area contributed by atoms with Crippen LogP contribution in [0.3, 0.4) is 0 Å². The Bertz CT molecular complexity index is 938. The fourth-order valence-electron chi connectivity index (χ4n) is 2.95. The molecule has 0 bridgehead atoms. The maximum Gasteiger partial charge on any atom is 0.243 e. The lowest BCUT2D eigenvalue weighted by Gasteiger charge is -2.35. The van der Waals surface area contributed by atoms with Gasteiger partial charge in [-0.1, -0.05) is 12.1 Å². The Kier molecular flexibility index (Phi) is 5.78. The number of benzene rings is 2. The number of piperazine rings is 1. The van der Waals surface area contributed by atoms with Crippen molar-refractivity contribution in [1.82, 2.24) is 9.21 Å². The van der Waals surface area contributed by atoms with Gasteiger partial charge >= 0.3 is 0 Å². The monoisotopic (exact) mass is 407 g/mol. The standard InChI is InChI=1S/C19H22FN3O2S2/c1-14-3-4-15(2)18(13-14)21-19(26)22-9-11-23(12-10-22)27(24,25)17-7-5-16(20)6-8-17/h3-8,13H,9-12H2,1-2H3,(H,21,26). The van der Waals surface area contributed by atoms with Gasteiger partial charge in [-0.05, 0) is 67.5 Å². The summed E-state index contributed by atoms with van der Waals surface area (Å²) in [4.78, 5) is 2.07. The van der Waals surface area contributed by atoms with Crippen molar-refractivity contribution >= 4 is 33.0 Å². The minimum absolute atomic E-state index is 0.105. The predicted molar refractivity (Wildman–Crippen MR) is 109 cm³/mol. The summed E-state index contributed by atoms with van der Waals surface area (Å²) in [6.07, 6.45) is 0. The first kappa shape index (κ1) is 19.7. The van der Waals surface area contributed by atoms with Crippen LogP contribution in [0.2, 0.25) is 0 Å². The second kappa shape index (κ2) is 7.92. The summed E-state index contributed by atoms with van der Waals surface area (Å²) in [6.45, 7) is 5.68. The average molecular weight is 408 g/mol. The van der Waals surface area contributed by atoms with Crippen molar-refractivity contribution in [2.24, 2.45) is 0 Å². The van der Waals surface area contributed by atoms with Gasteiger partial charge in [0.15, 0.2) is 5.11 Å². The number of nitrogens with zero attached hydrogens (tertiary/aromatic N) is 2. The summed E-state index contributed by atoms with van der Waals surface area (Å²) >= 11 is 5.50. The Morgan fingerprint density at radius 2 is 1.67 bits per heavy atom. The molecule has 0 atom stereocenters. The lowest BCUT2D eigenvalue weighted by molar-refractivity contribution is 0.268. The van der Waals surface area contributed by atoms with Crippen molar-refractivity contribution in [3.05, 3.63) is 59.4 Å². The van der Waals surface area contributed by atoms with Crippen molar-refractivity contribution in [2.45, 2.75) is 18.7 Å². The highest BCUT2D eigenvalue weighted by atomic mass is 32.2. The van der Waals surface area contributed by atoms with E-state index in [1.54, 1.807) is 0 Å². The topological polar surface area (TPSA) is 52.6 Å². The van der Waals surface area contributed by atoms with Gasteiger partial charge in [-0.15, -0.1) is 0 Å². The Balaban J connectivity index is 1.63. The van der Waals surface area contributed by atoms with Crippen LogP contribution >= 0.6 is 12.2 Å². The first-order chi connectivity index (χ1) is 12.8. The van der Waals surface area contributed by atoms with Gasteiger partial charge in [0.2, 0.25) is 10.0 Å². The molecule has 2 aromatic rings. The number of nitrogens with one attached hydrogen (secondary N) is 1. The van der Waals surface area contributed by atoms with E-state index in [2.05, 4.69) is 5.32 Å². The smallest absolute Gasteiger partial charge is 0.243 e. The van der Waals surface area contributed by atoms with Gasteiger partial charge in [-0.2, -0.15) is 4.31 Å². The van der Waals surface area contributed by atoms with Gasteiger partial charge in [0.25, 0.3) is 0 Å². The number of sulfonamides is 1. The van der Waals surface area contributed by atoms with Crippen LogP contribution in [0.15, 0.2) is 47.4 Å². The van der Waals surface area contributed by atoms with Gasteiger partial charge in [0.1, 0.15) is 5.82 Å². The van der Waals surface area contributed by atoms with Crippen LogP contribution in [0.1, 0.15) is 11.1 Å². The maximum atomic E-state index is 13.1. The molecule has 0 saturated carbocycles. The molecule has 0 unspecified atom stereocenters. The summed E-state index contributed by atoms with van der Waals surface area (Å²) in [5, 5.41) is 3.85. The third-order valence-electron chi connectivity index (χ3n) is 4.61. The molecule has 1 N–H and O–H groups in total. The zero-order valence-electron chi connectivity index (χ0n) is 15.3. The van der Waals surface area contributed by atoms with Gasteiger partial charge in [-0.3, -0.25) is 0 Å². The van der Waals surface area contributed by atoms with E-state index in [4.69, 9.17) is 12.2 Å². The molecule has 1 fully saturated rings. The van der Waals surface area contributed by atoms with Crippen LogP contribution in [-0.4, -0.2) is 48.9 Å². The molecule has 0 radical (unpaired) electrons. The minimum Gasteiger partial charge on any atom is -0.346 e. The maximum absolute atomic E-state index is 13.1. The highest BCUT2D eigenvalue weighted by molar-refractivity contribution is 7.89. The molecule has 1 aliphatic rings. The number of hydrogen-bond acceptors (Lipinski definition) is 3. The number of hydrogen-bond donors (Lipinski definition) is 1. The zero-order valence-corrected chi connectivity index (χ0v) is 16.9. The van der Waals surface area contributed by atoms with Crippen LogP contribution in [0.4, 0.5) is 10.1 Å². The minimum atomic E-state index is -3.62. The van der Waals surface area contributed by atoms with E-state index >= 15 is 0 Å². The van der Waals surface area contributed by atoms with Crippen molar-refractivity contribution in [2.75, 3.05) is 31.5 Å². The zero-order chi connectivity index (χ0) is 19.6. The van der Waals surface area contributed by atoms with Crippen LogP contribution in [0.25, 0.3) is 0 Å². The lowest BCUT2D eigenvalue weighted by Crippen LogP contribution is -2.51. The molecule has 3 rings (SSSR count). The van der Waals surface area contributed by atoms with Gasteiger partial charge in [-0.25, -0.2) is 12.8 Å². The quantitative estimate of drug-likeness (QED) is 0.793. The van der Waals surface area contributed by atoms with Crippen molar-refractivity contribution in [3.63, 3.8) is 0 Å². The van der Waals surface area contributed by atoms with Crippen LogP contribution in [0, 0.1) is 19.7 Å². The molecular formula is C19H22FN3O2S2. The molecule has 0 aliphatic carbocycles. The number of rotatable bonds is 3. The largest absolute Gasteiger partial charge is 0.346 e. The Morgan fingerprint density at radius 3 is 2.30 bits per heavy atom. The third-order valence-corrected chi connectivity index (χ3v) is 6.89. The molecule has 144 valence electrons. The summed E-state index contributed by atoms with van der Waals surface area (Å²) < 4.78 is 39.8. The molecular weight excluding hydrogens is 385 g/mol. The number of thiocarbonyl (C=S) groups is 1. The number of aryl methyl sites for hydroxylation is 2. The van der Waals surface area contributed by atoms with Gasteiger partial charge in [0.05, 0.1) is 4.90 Å². The normalized spacial score (nSPS) is 15.6. The first-order valence-corrected chi connectivity index (χ1v) is 10.5. The Labute approximate surface area is 164 Å². The molecule has 27 heavy (non-hydrogen) atoms. The Hall–Kier alpha value is -2.03. The van der Waals surface area contributed by atoms with Crippen molar-refractivity contribution in [3.8, 4) is 0 Å². The second-order valence-corrected chi connectivity index (χ2v) is 8.92. The van der Waals surface area contributed by atoms with Crippen LogP contribution in [0.5, 0.6) is 0 Å². The second-order valence-electron chi connectivity index (χ2n) is 6.59. The van der Waals surface area contributed by atoms with E-state index in [-0.39, 0.29) is 4.90 Å². The number of anilines is 1. The summed E-state index contributed by atoms with van der Waals surface area (Å²) in [6, 6.07) is 11.0. The molecule has 8 heteroatoms. The molecule has 0 spiro atoms. The SMILES string of the molecule is Cc1ccc(C)c(NC(=S)N2CCN(S(=O)(=O)c3ccc(F)cc3)CC2)c1. The first-order valence-electron chi connectivity index (χ1n) is 8.66. The van der Waals surface area contributed by atoms with E-state index in [1.165, 1.54) is 16.4 Å². The Morgan fingerprint density at radius 1 is 1.04 bits per heavy atom. The van der Waals surface area contributed by atoms with E-state index in [9.17, 15) is 12.8 Å². The van der Waals surface area contributed by atoms with Gasteiger partial charge in [0, 0.05) is 31.9 Å². The molecule has 1 saturated heterocycles. The fraction of sp³-hybridized carbons (Fsp3) is 0.316. The number of halogens is 1. The van der Waals surface area contributed by atoms with E-state index in [1.807, 2.05) is 36.9 Å². The lowest BCUT2D eigenvalue weighted by atomic mass is 10.1. The van der Waals surface area contributed by atoms with E-state index in [0.717, 1.165) is 28.9 Å². The molecule has 5 nitrogen and oxygen atoms in total. The fourth-order valence-corrected chi connectivity index (χ4v) is 4.67. The van der Waals surface area contributed by atoms with E-state index < -0.39 is 15.8 Å². The molecule has 0 amide bonds. The highest BCUT2D eigenvalue weighted by Gasteiger charge is 2.29. The van der Waals surface area contributed by atoms with Crippen molar-refractivity contribution < 1.29 is 12.8 Å².